The highest BCUT2D eigenvalue weighted by Gasteiger charge is 2.15. The molecule has 1 atom stereocenters. The Bertz CT molecular complexity index is 600. The van der Waals surface area contributed by atoms with Crippen LogP contribution in [0.25, 0.3) is 0 Å². The van der Waals surface area contributed by atoms with Gasteiger partial charge in [0.05, 0.1) is 6.61 Å². The normalized spacial score (nSPS) is 14.8. The molecule has 2 aromatic rings. The quantitative estimate of drug-likeness (QED) is 0.946. The number of pyridine rings is 1. The molecule has 1 aromatic heterocycles. The van der Waals surface area contributed by atoms with Crippen LogP contribution in [0, 0.1) is 0 Å². The van der Waals surface area contributed by atoms with Crippen LogP contribution in [-0.2, 0) is 12.8 Å². The highest BCUT2D eigenvalue weighted by Crippen LogP contribution is 2.28. The number of rotatable bonds is 3. The van der Waals surface area contributed by atoms with Gasteiger partial charge in [-0.2, -0.15) is 0 Å². The average molecular weight is 319 g/mol. The maximum absolute atomic E-state index is 6.29. The molecule has 0 fully saturated rings. The van der Waals surface area contributed by atoms with E-state index in [9.17, 15) is 0 Å². The molecule has 0 spiro atoms. The summed E-state index contributed by atoms with van der Waals surface area (Å²) in [6.45, 7) is 0.781. The molecular formula is C15H15BrN2O. The summed E-state index contributed by atoms with van der Waals surface area (Å²) in [6, 6.07) is 8.29. The van der Waals surface area contributed by atoms with E-state index in [0.717, 1.165) is 40.8 Å². The molecule has 1 aliphatic heterocycles. The van der Waals surface area contributed by atoms with E-state index < -0.39 is 0 Å². The van der Waals surface area contributed by atoms with Crippen molar-refractivity contribution in [2.45, 2.75) is 18.9 Å². The van der Waals surface area contributed by atoms with E-state index in [0.29, 0.717) is 0 Å². The van der Waals surface area contributed by atoms with E-state index in [4.69, 9.17) is 10.5 Å². The maximum atomic E-state index is 6.29. The fourth-order valence-corrected chi connectivity index (χ4v) is 2.79. The minimum absolute atomic E-state index is 0.0120. The highest BCUT2D eigenvalue weighted by atomic mass is 79.9. The summed E-state index contributed by atoms with van der Waals surface area (Å²) in [7, 11) is 0. The fourth-order valence-electron chi connectivity index (χ4n) is 2.38. The van der Waals surface area contributed by atoms with Crippen molar-refractivity contribution in [2.24, 2.45) is 5.73 Å². The zero-order valence-electron chi connectivity index (χ0n) is 10.5. The van der Waals surface area contributed by atoms with Crippen molar-refractivity contribution in [2.75, 3.05) is 6.61 Å². The molecular weight excluding hydrogens is 304 g/mol. The van der Waals surface area contributed by atoms with Crippen molar-refractivity contribution in [3.8, 4) is 5.75 Å². The molecule has 19 heavy (non-hydrogen) atoms. The van der Waals surface area contributed by atoms with Gasteiger partial charge in [-0.15, -0.1) is 0 Å². The molecule has 3 nitrogen and oxygen atoms in total. The average Bonchev–Trinajstić information content (AvgIpc) is 2.85. The van der Waals surface area contributed by atoms with E-state index >= 15 is 0 Å². The van der Waals surface area contributed by atoms with Crippen molar-refractivity contribution in [1.29, 1.82) is 0 Å². The monoisotopic (exact) mass is 318 g/mol. The van der Waals surface area contributed by atoms with E-state index in [-0.39, 0.29) is 6.04 Å². The number of hydrogen-bond acceptors (Lipinski definition) is 3. The van der Waals surface area contributed by atoms with Gasteiger partial charge in [0.2, 0.25) is 0 Å². The van der Waals surface area contributed by atoms with Crippen LogP contribution in [0.15, 0.2) is 41.1 Å². The Balaban J connectivity index is 1.78. The lowest BCUT2D eigenvalue weighted by molar-refractivity contribution is 0.357. The zero-order chi connectivity index (χ0) is 13.2. The summed E-state index contributed by atoms with van der Waals surface area (Å²) in [5, 5.41) is 0. The standard InChI is InChI=1S/C15H15BrN2O/c16-13-5-10(8-18-9-13)6-14(17)11-1-2-15-12(7-11)3-4-19-15/h1-2,5,7-9,14H,3-4,6,17H2. The van der Waals surface area contributed by atoms with Gasteiger partial charge >= 0.3 is 0 Å². The first-order chi connectivity index (χ1) is 9.22. The van der Waals surface area contributed by atoms with Crippen molar-refractivity contribution in [3.63, 3.8) is 0 Å². The van der Waals surface area contributed by atoms with Crippen LogP contribution in [0.2, 0.25) is 0 Å². The number of fused-ring (bicyclic) bond motifs is 1. The Hall–Kier alpha value is -1.39. The predicted octanol–water partition coefficient (Wildman–Crippen LogP) is 3.02. The minimum atomic E-state index is -0.0120. The van der Waals surface area contributed by atoms with Crippen LogP contribution >= 0.6 is 15.9 Å². The number of hydrogen-bond donors (Lipinski definition) is 1. The first-order valence-electron chi connectivity index (χ1n) is 6.33. The smallest absolute Gasteiger partial charge is 0.122 e. The third-order valence-electron chi connectivity index (χ3n) is 3.36. The van der Waals surface area contributed by atoms with Crippen molar-refractivity contribution >= 4 is 15.9 Å². The van der Waals surface area contributed by atoms with Gasteiger partial charge in [-0.3, -0.25) is 4.98 Å². The second kappa shape index (κ2) is 5.31. The lowest BCUT2D eigenvalue weighted by Crippen LogP contribution is -2.13. The van der Waals surface area contributed by atoms with Gasteiger partial charge in [-0.25, -0.2) is 0 Å². The summed E-state index contributed by atoms with van der Waals surface area (Å²) in [6.07, 6.45) is 5.41. The molecule has 98 valence electrons. The molecule has 3 rings (SSSR count). The molecule has 0 bridgehead atoms. The lowest BCUT2D eigenvalue weighted by Gasteiger charge is -2.13. The van der Waals surface area contributed by atoms with Crippen LogP contribution in [0.5, 0.6) is 5.75 Å². The SMILES string of the molecule is NC(Cc1cncc(Br)c1)c1ccc2c(c1)CCO2. The van der Waals surface area contributed by atoms with Gasteiger partial charge in [0, 0.05) is 29.3 Å². The van der Waals surface area contributed by atoms with E-state index in [1.165, 1.54) is 5.56 Å². The van der Waals surface area contributed by atoms with Crippen LogP contribution in [0.3, 0.4) is 0 Å². The van der Waals surface area contributed by atoms with Gasteiger partial charge in [-0.1, -0.05) is 12.1 Å². The van der Waals surface area contributed by atoms with Gasteiger partial charge in [0.1, 0.15) is 5.75 Å². The van der Waals surface area contributed by atoms with E-state index in [2.05, 4.69) is 39.1 Å². The van der Waals surface area contributed by atoms with Gasteiger partial charge < -0.3 is 10.5 Å². The van der Waals surface area contributed by atoms with Crippen molar-refractivity contribution < 1.29 is 4.74 Å². The van der Waals surface area contributed by atoms with E-state index in [1.807, 2.05) is 12.3 Å². The Morgan fingerprint density at radius 3 is 3.05 bits per heavy atom. The Morgan fingerprint density at radius 1 is 1.32 bits per heavy atom. The van der Waals surface area contributed by atoms with Crippen LogP contribution < -0.4 is 10.5 Å². The maximum Gasteiger partial charge on any atom is 0.122 e. The topological polar surface area (TPSA) is 48.1 Å². The third kappa shape index (κ3) is 2.80. The summed E-state index contributed by atoms with van der Waals surface area (Å²) in [4.78, 5) is 4.17. The van der Waals surface area contributed by atoms with Gasteiger partial charge in [0.15, 0.2) is 0 Å². The molecule has 0 aliphatic carbocycles. The van der Waals surface area contributed by atoms with Crippen molar-refractivity contribution in [3.05, 3.63) is 57.8 Å². The third-order valence-corrected chi connectivity index (χ3v) is 3.79. The summed E-state index contributed by atoms with van der Waals surface area (Å²) in [5.41, 5.74) is 9.85. The second-order valence-electron chi connectivity index (χ2n) is 4.79. The summed E-state index contributed by atoms with van der Waals surface area (Å²) in [5.74, 6) is 1.00. The van der Waals surface area contributed by atoms with Crippen LogP contribution in [0.1, 0.15) is 22.7 Å². The first-order valence-corrected chi connectivity index (χ1v) is 7.12. The molecule has 0 radical (unpaired) electrons. The molecule has 1 aliphatic rings. The first kappa shape index (κ1) is 12.6. The molecule has 2 N–H and O–H groups in total. The number of benzene rings is 1. The summed E-state index contributed by atoms with van der Waals surface area (Å²) < 4.78 is 6.50. The van der Waals surface area contributed by atoms with Crippen LogP contribution in [0.4, 0.5) is 0 Å². The molecule has 1 aromatic carbocycles. The Labute approximate surface area is 120 Å². The van der Waals surface area contributed by atoms with E-state index in [1.54, 1.807) is 6.20 Å². The predicted molar refractivity (Wildman–Crippen MR) is 78.2 cm³/mol. The second-order valence-corrected chi connectivity index (χ2v) is 5.70. The Morgan fingerprint density at radius 2 is 2.21 bits per heavy atom. The van der Waals surface area contributed by atoms with Gasteiger partial charge in [0.25, 0.3) is 0 Å². The lowest BCUT2D eigenvalue weighted by atomic mass is 9.98. The number of ether oxygens (including phenoxy) is 1. The van der Waals surface area contributed by atoms with Crippen molar-refractivity contribution in [1.82, 2.24) is 4.98 Å². The number of nitrogens with two attached hydrogens (primary N) is 1. The Kier molecular flexibility index (Phi) is 3.53. The molecule has 0 saturated carbocycles. The summed E-state index contributed by atoms with van der Waals surface area (Å²) >= 11 is 3.43. The number of nitrogens with zero attached hydrogens (tertiary/aromatic N) is 1. The zero-order valence-corrected chi connectivity index (χ0v) is 12.1. The fraction of sp³-hybridized carbons (Fsp3) is 0.267. The van der Waals surface area contributed by atoms with Gasteiger partial charge in [-0.05, 0) is 51.2 Å². The molecule has 1 unspecified atom stereocenters. The molecule has 0 amide bonds. The molecule has 2 heterocycles. The number of halogens is 1. The number of aromatic nitrogens is 1. The largest absolute Gasteiger partial charge is 0.493 e. The highest BCUT2D eigenvalue weighted by molar-refractivity contribution is 9.10. The minimum Gasteiger partial charge on any atom is -0.493 e. The molecule has 0 saturated heterocycles. The van der Waals surface area contributed by atoms with Crippen LogP contribution in [-0.4, -0.2) is 11.6 Å². The molecule has 4 heteroatoms.